The fourth-order valence-corrected chi connectivity index (χ4v) is 3.37. The van der Waals surface area contributed by atoms with Crippen LogP contribution in [-0.2, 0) is 4.74 Å². The molecule has 0 saturated heterocycles. The van der Waals surface area contributed by atoms with E-state index in [9.17, 15) is 9.59 Å². The third-order valence-electron chi connectivity index (χ3n) is 4.52. The molecular formula is C21H23N5O3. The first-order chi connectivity index (χ1) is 13.7. The maximum Gasteiger partial charge on any atom is 0.419 e. The Balaban J connectivity index is 2.02. The summed E-state index contributed by atoms with van der Waals surface area (Å²) in [5.41, 5.74) is 0.763. The molecule has 3 heterocycles. The fraction of sp³-hybridized carbons (Fsp3) is 0.333. The number of ether oxygens (including phenoxy) is 1. The normalized spacial score (nSPS) is 12.2. The smallest absolute Gasteiger partial charge is 0.419 e. The van der Waals surface area contributed by atoms with Crippen LogP contribution in [0.3, 0.4) is 0 Å². The number of imidazole rings is 1. The van der Waals surface area contributed by atoms with E-state index in [0.717, 1.165) is 5.39 Å². The van der Waals surface area contributed by atoms with Gasteiger partial charge in [-0.05, 0) is 40.7 Å². The summed E-state index contributed by atoms with van der Waals surface area (Å²) in [6, 6.07) is 7.35. The van der Waals surface area contributed by atoms with Gasteiger partial charge in [-0.1, -0.05) is 18.2 Å². The van der Waals surface area contributed by atoms with Crippen LogP contribution in [0.5, 0.6) is 0 Å². The van der Waals surface area contributed by atoms with Crippen LogP contribution < -0.4 is 5.56 Å². The van der Waals surface area contributed by atoms with Crippen LogP contribution in [0.2, 0.25) is 0 Å². The first kappa shape index (κ1) is 18.9. The minimum atomic E-state index is -0.628. The Morgan fingerprint density at radius 3 is 2.59 bits per heavy atom. The monoisotopic (exact) mass is 393 g/mol. The zero-order chi connectivity index (χ0) is 20.9. The number of carbonyl (C=O) groups is 1. The second-order valence-corrected chi connectivity index (χ2v) is 8.20. The van der Waals surface area contributed by atoms with Crippen molar-refractivity contribution in [3.05, 3.63) is 53.2 Å². The second-order valence-electron chi connectivity index (χ2n) is 8.20. The van der Waals surface area contributed by atoms with E-state index in [2.05, 4.69) is 10.1 Å². The number of para-hydroxylation sites is 1. The van der Waals surface area contributed by atoms with E-state index in [1.54, 1.807) is 23.2 Å². The van der Waals surface area contributed by atoms with Crippen LogP contribution in [-0.4, -0.2) is 35.4 Å². The van der Waals surface area contributed by atoms with Crippen molar-refractivity contribution in [2.75, 3.05) is 0 Å². The molecule has 0 saturated carbocycles. The average molecular weight is 393 g/mol. The topological polar surface area (TPSA) is 83.4 Å². The summed E-state index contributed by atoms with van der Waals surface area (Å²) >= 11 is 0. The lowest BCUT2D eigenvalue weighted by molar-refractivity contribution is 0.0544. The van der Waals surface area contributed by atoms with Crippen LogP contribution in [0.4, 0.5) is 4.79 Å². The molecule has 8 nitrogen and oxygen atoms in total. The number of fused-ring (bicyclic) bond motifs is 2. The molecule has 4 aromatic rings. The van der Waals surface area contributed by atoms with Crippen LogP contribution in [0.25, 0.3) is 27.9 Å². The minimum Gasteiger partial charge on any atom is -0.443 e. The maximum absolute atomic E-state index is 13.0. The third-order valence-corrected chi connectivity index (χ3v) is 4.52. The molecule has 150 valence electrons. The average Bonchev–Trinajstić information content (AvgIpc) is 3.24. The van der Waals surface area contributed by atoms with E-state index in [1.807, 2.05) is 58.9 Å². The summed E-state index contributed by atoms with van der Waals surface area (Å²) in [6.07, 6.45) is 4.38. The first-order valence-electron chi connectivity index (χ1n) is 9.47. The van der Waals surface area contributed by atoms with Gasteiger partial charge in [0.2, 0.25) is 5.65 Å². The summed E-state index contributed by atoms with van der Waals surface area (Å²) in [5.74, 6) is 0.467. The van der Waals surface area contributed by atoms with Gasteiger partial charge in [0, 0.05) is 35.6 Å². The van der Waals surface area contributed by atoms with Crippen molar-refractivity contribution >= 4 is 22.6 Å². The molecule has 0 unspecified atom stereocenters. The van der Waals surface area contributed by atoms with E-state index >= 15 is 0 Å². The molecule has 0 aliphatic carbocycles. The van der Waals surface area contributed by atoms with Crippen molar-refractivity contribution in [1.82, 2.24) is 23.7 Å². The molecular weight excluding hydrogens is 370 g/mol. The van der Waals surface area contributed by atoms with E-state index in [1.165, 1.54) is 9.08 Å². The number of hydrogen-bond acceptors (Lipinski definition) is 5. The molecule has 4 rings (SSSR count). The second kappa shape index (κ2) is 6.58. The highest BCUT2D eigenvalue weighted by atomic mass is 16.6. The molecule has 0 aliphatic rings. The van der Waals surface area contributed by atoms with E-state index in [-0.39, 0.29) is 17.2 Å². The first-order valence-corrected chi connectivity index (χ1v) is 9.47. The van der Waals surface area contributed by atoms with E-state index < -0.39 is 11.7 Å². The van der Waals surface area contributed by atoms with Crippen molar-refractivity contribution < 1.29 is 9.53 Å². The molecule has 0 spiro atoms. The van der Waals surface area contributed by atoms with Gasteiger partial charge in [-0.25, -0.2) is 14.3 Å². The lowest BCUT2D eigenvalue weighted by Gasteiger charge is -2.19. The quantitative estimate of drug-likeness (QED) is 0.516. The number of aromatic nitrogens is 5. The standard InChI is InChI=1S/C21H23N5O3/c1-13(2)26-17(23-25-11-10-22-18(25)19(26)27)15-12-24(20(28)29-21(3,4)5)16-9-7-6-8-14(15)16/h6-13H,1-5H3. The molecule has 0 fully saturated rings. The van der Waals surface area contributed by atoms with Crippen molar-refractivity contribution in [3.8, 4) is 11.4 Å². The molecule has 0 amide bonds. The van der Waals surface area contributed by atoms with Gasteiger partial charge in [0.1, 0.15) is 5.60 Å². The van der Waals surface area contributed by atoms with Gasteiger partial charge >= 0.3 is 6.09 Å². The van der Waals surface area contributed by atoms with Crippen LogP contribution in [0.15, 0.2) is 47.7 Å². The number of hydrogen-bond donors (Lipinski definition) is 0. The Labute approximate surface area is 167 Å². The van der Waals surface area contributed by atoms with Gasteiger partial charge in [0.15, 0.2) is 5.82 Å². The van der Waals surface area contributed by atoms with Gasteiger partial charge in [-0.2, -0.15) is 0 Å². The summed E-state index contributed by atoms with van der Waals surface area (Å²) in [7, 11) is 0. The van der Waals surface area contributed by atoms with Crippen molar-refractivity contribution in [3.63, 3.8) is 0 Å². The minimum absolute atomic E-state index is 0.143. The molecule has 0 N–H and O–H groups in total. The van der Waals surface area contributed by atoms with Crippen LogP contribution in [0.1, 0.15) is 40.7 Å². The summed E-state index contributed by atoms with van der Waals surface area (Å²) in [6.45, 7) is 9.30. The molecule has 1 aromatic carbocycles. The van der Waals surface area contributed by atoms with Gasteiger partial charge < -0.3 is 4.74 Å². The molecule has 0 atom stereocenters. The van der Waals surface area contributed by atoms with E-state index in [0.29, 0.717) is 16.9 Å². The largest absolute Gasteiger partial charge is 0.443 e. The fourth-order valence-electron chi connectivity index (χ4n) is 3.37. The molecule has 3 aromatic heterocycles. The highest BCUT2D eigenvalue weighted by molar-refractivity contribution is 5.99. The maximum atomic E-state index is 13.0. The Morgan fingerprint density at radius 1 is 1.17 bits per heavy atom. The Bertz CT molecular complexity index is 1290. The number of benzene rings is 1. The molecule has 8 heteroatoms. The van der Waals surface area contributed by atoms with Gasteiger partial charge in [-0.3, -0.25) is 13.9 Å². The predicted molar refractivity (Wildman–Crippen MR) is 110 cm³/mol. The molecule has 0 radical (unpaired) electrons. The van der Waals surface area contributed by atoms with Crippen molar-refractivity contribution in [1.29, 1.82) is 0 Å². The lowest BCUT2D eigenvalue weighted by atomic mass is 10.1. The molecule has 0 aliphatic heterocycles. The highest BCUT2D eigenvalue weighted by Gasteiger charge is 2.24. The van der Waals surface area contributed by atoms with Crippen LogP contribution in [0, 0.1) is 0 Å². The number of rotatable bonds is 2. The Kier molecular flexibility index (Phi) is 4.29. The lowest BCUT2D eigenvalue weighted by Crippen LogP contribution is -2.27. The summed E-state index contributed by atoms with van der Waals surface area (Å²) < 4.78 is 10.1. The van der Waals surface area contributed by atoms with Gasteiger partial charge in [0.05, 0.1) is 5.52 Å². The Hall–Kier alpha value is -3.42. The molecule has 0 bridgehead atoms. The Morgan fingerprint density at radius 2 is 1.90 bits per heavy atom. The zero-order valence-corrected chi connectivity index (χ0v) is 17.1. The van der Waals surface area contributed by atoms with E-state index in [4.69, 9.17) is 4.74 Å². The van der Waals surface area contributed by atoms with Gasteiger partial charge in [-0.15, -0.1) is 5.10 Å². The predicted octanol–water partition coefficient (Wildman–Crippen LogP) is 3.88. The summed E-state index contributed by atoms with van der Waals surface area (Å²) in [4.78, 5) is 30.0. The molecule has 29 heavy (non-hydrogen) atoms. The highest BCUT2D eigenvalue weighted by Crippen LogP contribution is 2.30. The number of carbonyl (C=O) groups excluding carboxylic acids is 1. The number of nitrogens with zero attached hydrogens (tertiary/aromatic N) is 5. The third kappa shape index (κ3) is 3.20. The van der Waals surface area contributed by atoms with Crippen molar-refractivity contribution in [2.45, 2.75) is 46.3 Å². The summed E-state index contributed by atoms with van der Waals surface area (Å²) in [5, 5.41) is 5.44. The SMILES string of the molecule is CC(C)n1c(-c2cn(C(=O)OC(C)(C)C)c3ccccc23)nn2ccnc2c1=O. The van der Waals surface area contributed by atoms with Gasteiger partial charge in [0.25, 0.3) is 5.56 Å². The van der Waals surface area contributed by atoms with Crippen molar-refractivity contribution in [2.24, 2.45) is 0 Å². The van der Waals surface area contributed by atoms with Crippen LogP contribution >= 0.6 is 0 Å². The zero-order valence-electron chi connectivity index (χ0n) is 17.1.